The summed E-state index contributed by atoms with van der Waals surface area (Å²) in [5.41, 5.74) is 2.17. The fourth-order valence-corrected chi connectivity index (χ4v) is 4.58. The molecule has 0 atom stereocenters. The summed E-state index contributed by atoms with van der Waals surface area (Å²) in [6, 6.07) is 9.84. The molecule has 9 nitrogen and oxygen atoms in total. The van der Waals surface area contributed by atoms with Crippen molar-refractivity contribution in [3.8, 4) is 17.4 Å². The highest BCUT2D eigenvalue weighted by Gasteiger charge is 2.23. The first-order chi connectivity index (χ1) is 16.8. The predicted octanol–water partition coefficient (Wildman–Crippen LogP) is 2.90. The molecule has 5 rings (SSSR count). The van der Waals surface area contributed by atoms with Gasteiger partial charge >= 0.3 is 6.03 Å². The number of anilines is 2. The molecule has 0 saturated carbocycles. The molecular weight excluding hydrogens is 434 g/mol. The lowest BCUT2D eigenvalue weighted by molar-refractivity contribution is 0.236. The van der Waals surface area contributed by atoms with Crippen LogP contribution in [0.4, 0.5) is 16.3 Å². The molecule has 2 aromatic rings. The molecular formula is C25H33N5O4. The van der Waals surface area contributed by atoms with Gasteiger partial charge in [0.25, 0.3) is 0 Å². The third-order valence-corrected chi connectivity index (χ3v) is 6.45. The zero-order chi connectivity index (χ0) is 23.2. The van der Waals surface area contributed by atoms with E-state index in [9.17, 15) is 4.79 Å². The van der Waals surface area contributed by atoms with Crippen molar-refractivity contribution >= 4 is 17.5 Å². The molecule has 9 heteroatoms. The molecule has 1 fully saturated rings. The number of amides is 2. The van der Waals surface area contributed by atoms with Gasteiger partial charge in [-0.2, -0.15) is 4.98 Å². The summed E-state index contributed by atoms with van der Waals surface area (Å²) in [6.07, 6.45) is 3.72. The molecule has 4 heterocycles. The molecule has 0 unspecified atom stereocenters. The molecule has 0 aliphatic carbocycles. The van der Waals surface area contributed by atoms with E-state index in [0.717, 1.165) is 81.2 Å². The Morgan fingerprint density at radius 3 is 2.82 bits per heavy atom. The van der Waals surface area contributed by atoms with E-state index in [2.05, 4.69) is 37.6 Å². The summed E-state index contributed by atoms with van der Waals surface area (Å²) in [5.74, 6) is 2.91. The number of urea groups is 1. The van der Waals surface area contributed by atoms with E-state index < -0.39 is 0 Å². The zero-order valence-corrected chi connectivity index (χ0v) is 19.6. The number of benzene rings is 1. The highest BCUT2D eigenvalue weighted by molar-refractivity contribution is 5.89. The lowest BCUT2D eigenvalue weighted by Gasteiger charge is -2.36. The maximum Gasteiger partial charge on any atom is 0.320 e. The van der Waals surface area contributed by atoms with Crippen molar-refractivity contribution in [3.05, 3.63) is 35.9 Å². The molecule has 1 aromatic carbocycles. The molecule has 3 aliphatic heterocycles. The largest absolute Gasteiger partial charge is 0.489 e. The molecule has 1 saturated heterocycles. The van der Waals surface area contributed by atoms with Crippen LogP contribution in [0.1, 0.15) is 24.8 Å². The highest BCUT2D eigenvalue weighted by Crippen LogP contribution is 2.39. The first kappa shape index (κ1) is 22.6. The van der Waals surface area contributed by atoms with E-state index in [1.54, 1.807) is 0 Å². The second-order valence-electron chi connectivity index (χ2n) is 8.83. The van der Waals surface area contributed by atoms with Gasteiger partial charge in [-0.1, -0.05) is 6.07 Å². The van der Waals surface area contributed by atoms with E-state index in [-0.39, 0.29) is 6.03 Å². The van der Waals surface area contributed by atoms with Crippen LogP contribution in [-0.4, -0.2) is 75.0 Å². The fourth-order valence-electron chi connectivity index (χ4n) is 4.58. The minimum atomic E-state index is -0.216. The number of nitrogens with zero attached hydrogens (tertiary/aromatic N) is 3. The standard InChI is InChI=1S/C25H33N5O4/c31-25-26-10-9-19-7-8-22(27-24(19)28-25)33-16-2-1-11-29-12-14-30(15-13-29)20-5-3-6-21-23(20)34-18-4-17-32-21/h3,5-8H,1-2,4,9-18H2,(H2,26,27,28,31). The summed E-state index contributed by atoms with van der Waals surface area (Å²) < 4.78 is 17.7. The van der Waals surface area contributed by atoms with E-state index in [0.29, 0.717) is 38.1 Å². The Morgan fingerprint density at radius 1 is 1.03 bits per heavy atom. The number of piperazine rings is 1. The Bertz CT molecular complexity index is 993. The van der Waals surface area contributed by atoms with Crippen LogP contribution in [0.2, 0.25) is 0 Å². The van der Waals surface area contributed by atoms with Crippen LogP contribution in [0, 0.1) is 0 Å². The predicted molar refractivity (Wildman–Crippen MR) is 130 cm³/mol. The Kier molecular flexibility index (Phi) is 7.19. The second-order valence-corrected chi connectivity index (χ2v) is 8.83. The molecule has 0 spiro atoms. The van der Waals surface area contributed by atoms with Gasteiger partial charge in [0.05, 0.1) is 25.5 Å². The number of hydrogen-bond donors (Lipinski definition) is 2. The summed E-state index contributed by atoms with van der Waals surface area (Å²) in [7, 11) is 0. The Morgan fingerprint density at radius 2 is 1.91 bits per heavy atom. The average molecular weight is 468 g/mol. The number of ether oxygens (including phenoxy) is 3. The monoisotopic (exact) mass is 467 g/mol. The number of hydrogen-bond acceptors (Lipinski definition) is 7. The lowest BCUT2D eigenvalue weighted by Crippen LogP contribution is -2.46. The van der Waals surface area contributed by atoms with Crippen LogP contribution in [0.25, 0.3) is 0 Å². The Hall–Kier alpha value is -3.20. The van der Waals surface area contributed by atoms with Crippen LogP contribution in [0.5, 0.6) is 17.4 Å². The van der Waals surface area contributed by atoms with Crippen molar-refractivity contribution in [2.45, 2.75) is 25.7 Å². The maximum atomic E-state index is 11.7. The smallest absolute Gasteiger partial charge is 0.320 e. The van der Waals surface area contributed by atoms with E-state index in [4.69, 9.17) is 14.2 Å². The number of fused-ring (bicyclic) bond motifs is 2. The molecule has 2 amide bonds. The van der Waals surface area contributed by atoms with Gasteiger partial charge in [-0.05, 0) is 49.6 Å². The Labute approximate surface area is 200 Å². The van der Waals surface area contributed by atoms with Gasteiger partial charge in [-0.15, -0.1) is 0 Å². The number of unbranched alkanes of at least 4 members (excludes halogenated alkanes) is 1. The normalized spacial score (nSPS) is 18.2. The summed E-state index contributed by atoms with van der Waals surface area (Å²) in [4.78, 5) is 21.0. The molecule has 0 radical (unpaired) electrons. The maximum absolute atomic E-state index is 11.7. The minimum Gasteiger partial charge on any atom is -0.489 e. The number of aromatic nitrogens is 1. The summed E-state index contributed by atoms with van der Waals surface area (Å²) in [6.45, 7) is 7.74. The van der Waals surface area contributed by atoms with Gasteiger partial charge in [-0.25, -0.2) is 4.79 Å². The molecule has 1 aromatic heterocycles. The van der Waals surface area contributed by atoms with Crippen LogP contribution in [0.15, 0.2) is 30.3 Å². The molecule has 34 heavy (non-hydrogen) atoms. The van der Waals surface area contributed by atoms with Crippen LogP contribution in [-0.2, 0) is 6.42 Å². The van der Waals surface area contributed by atoms with Crippen molar-refractivity contribution in [3.63, 3.8) is 0 Å². The second kappa shape index (κ2) is 10.8. The molecule has 0 bridgehead atoms. The van der Waals surface area contributed by atoms with E-state index in [1.807, 2.05) is 18.2 Å². The summed E-state index contributed by atoms with van der Waals surface area (Å²) >= 11 is 0. The molecule has 2 N–H and O–H groups in total. The average Bonchev–Trinajstić information content (AvgIpc) is 3.21. The SMILES string of the molecule is O=C1NCCc2ccc(OCCCCN3CCN(c4cccc5c4OCCCO5)CC3)nc2N1. The number of para-hydroxylation sites is 1. The van der Waals surface area contributed by atoms with Gasteiger partial charge in [0.2, 0.25) is 5.88 Å². The minimum absolute atomic E-state index is 0.216. The number of pyridine rings is 1. The summed E-state index contributed by atoms with van der Waals surface area (Å²) in [5, 5.41) is 5.56. The van der Waals surface area contributed by atoms with E-state index in [1.165, 1.54) is 0 Å². The van der Waals surface area contributed by atoms with Gasteiger partial charge in [0.1, 0.15) is 5.82 Å². The zero-order valence-electron chi connectivity index (χ0n) is 19.6. The highest BCUT2D eigenvalue weighted by atomic mass is 16.5. The first-order valence-electron chi connectivity index (χ1n) is 12.3. The quantitative estimate of drug-likeness (QED) is 0.606. The molecule has 3 aliphatic rings. The number of carbonyl (C=O) groups excluding carboxylic acids is 1. The van der Waals surface area contributed by atoms with Gasteiger partial charge in [0, 0.05) is 45.2 Å². The van der Waals surface area contributed by atoms with E-state index >= 15 is 0 Å². The van der Waals surface area contributed by atoms with Crippen molar-refractivity contribution in [1.29, 1.82) is 0 Å². The van der Waals surface area contributed by atoms with Crippen LogP contribution in [0.3, 0.4) is 0 Å². The number of carbonyl (C=O) groups is 1. The van der Waals surface area contributed by atoms with Gasteiger partial charge in [-0.3, -0.25) is 10.2 Å². The molecule has 182 valence electrons. The topological polar surface area (TPSA) is 88.2 Å². The van der Waals surface area contributed by atoms with Crippen molar-refractivity contribution in [2.24, 2.45) is 0 Å². The third-order valence-electron chi connectivity index (χ3n) is 6.45. The van der Waals surface area contributed by atoms with Crippen molar-refractivity contribution in [2.75, 3.05) is 69.3 Å². The Balaban J connectivity index is 1.04. The van der Waals surface area contributed by atoms with Crippen LogP contribution >= 0.6 is 0 Å². The van der Waals surface area contributed by atoms with Crippen molar-refractivity contribution in [1.82, 2.24) is 15.2 Å². The first-order valence-corrected chi connectivity index (χ1v) is 12.3. The van der Waals surface area contributed by atoms with Crippen molar-refractivity contribution < 1.29 is 19.0 Å². The lowest BCUT2D eigenvalue weighted by atomic mass is 10.2. The number of nitrogens with one attached hydrogen (secondary N) is 2. The third kappa shape index (κ3) is 5.47. The van der Waals surface area contributed by atoms with Gasteiger partial charge in [0.15, 0.2) is 11.5 Å². The fraction of sp³-hybridized carbons (Fsp3) is 0.520. The number of rotatable bonds is 7. The van der Waals surface area contributed by atoms with Gasteiger partial charge < -0.3 is 24.4 Å². The van der Waals surface area contributed by atoms with Crippen LogP contribution < -0.4 is 29.7 Å².